The molecule has 1 aliphatic rings. The zero-order chi connectivity index (χ0) is 13.2. The standard InChI is InChI=1S/C15H19N3S/c1-18-15(16)10-14(17-18)13-4-2-3-12(9-13)11-5-7-19-8-6-11/h2-4,9-11H,5-8,16H2,1H3. The first-order valence-corrected chi connectivity index (χ1v) is 7.87. The van der Waals surface area contributed by atoms with Gasteiger partial charge in [-0.25, -0.2) is 0 Å². The Morgan fingerprint density at radius 1 is 1.26 bits per heavy atom. The Bertz CT molecular complexity index is 551. The molecule has 0 spiro atoms. The third-order valence-corrected chi connectivity index (χ3v) is 4.84. The number of anilines is 1. The lowest BCUT2D eigenvalue weighted by Gasteiger charge is -2.22. The van der Waals surface area contributed by atoms with E-state index in [9.17, 15) is 0 Å². The van der Waals surface area contributed by atoms with E-state index < -0.39 is 0 Å². The van der Waals surface area contributed by atoms with E-state index in [2.05, 4.69) is 41.1 Å². The van der Waals surface area contributed by atoms with Gasteiger partial charge >= 0.3 is 0 Å². The molecule has 0 amide bonds. The maximum Gasteiger partial charge on any atom is 0.121 e. The molecule has 1 fully saturated rings. The van der Waals surface area contributed by atoms with Gasteiger partial charge < -0.3 is 5.73 Å². The minimum absolute atomic E-state index is 0.703. The summed E-state index contributed by atoms with van der Waals surface area (Å²) in [6.45, 7) is 0. The lowest BCUT2D eigenvalue weighted by molar-refractivity contribution is 0.637. The number of nitrogen functional groups attached to an aromatic ring is 1. The molecular weight excluding hydrogens is 254 g/mol. The van der Waals surface area contributed by atoms with E-state index in [1.54, 1.807) is 4.68 Å². The van der Waals surface area contributed by atoms with Crippen molar-refractivity contribution in [2.45, 2.75) is 18.8 Å². The topological polar surface area (TPSA) is 43.8 Å². The Labute approximate surface area is 118 Å². The Morgan fingerprint density at radius 3 is 2.74 bits per heavy atom. The summed E-state index contributed by atoms with van der Waals surface area (Å²) in [7, 11) is 1.88. The number of thioether (sulfide) groups is 1. The van der Waals surface area contributed by atoms with Crippen molar-refractivity contribution < 1.29 is 0 Å². The van der Waals surface area contributed by atoms with Crippen LogP contribution in [0.4, 0.5) is 5.82 Å². The highest BCUT2D eigenvalue weighted by atomic mass is 32.2. The maximum absolute atomic E-state index is 5.86. The molecule has 1 aromatic carbocycles. The van der Waals surface area contributed by atoms with Crippen molar-refractivity contribution in [3.63, 3.8) is 0 Å². The monoisotopic (exact) mass is 273 g/mol. The van der Waals surface area contributed by atoms with Gasteiger partial charge in [-0.2, -0.15) is 16.9 Å². The Hall–Kier alpha value is -1.42. The van der Waals surface area contributed by atoms with Crippen LogP contribution in [0.5, 0.6) is 0 Å². The fraction of sp³-hybridized carbons (Fsp3) is 0.400. The molecule has 100 valence electrons. The van der Waals surface area contributed by atoms with Crippen LogP contribution in [0.2, 0.25) is 0 Å². The van der Waals surface area contributed by atoms with Gasteiger partial charge in [-0.1, -0.05) is 18.2 Å². The summed E-state index contributed by atoms with van der Waals surface area (Å²) in [5.41, 5.74) is 9.44. The minimum Gasteiger partial charge on any atom is -0.384 e. The summed E-state index contributed by atoms with van der Waals surface area (Å²) in [5.74, 6) is 3.98. The normalized spacial score (nSPS) is 16.7. The number of rotatable bonds is 2. The molecular formula is C15H19N3S. The third-order valence-electron chi connectivity index (χ3n) is 3.79. The molecule has 3 rings (SSSR count). The molecule has 0 bridgehead atoms. The van der Waals surface area contributed by atoms with E-state index in [4.69, 9.17) is 5.73 Å². The molecule has 2 aromatic rings. The molecule has 0 unspecified atom stereocenters. The van der Waals surface area contributed by atoms with E-state index >= 15 is 0 Å². The van der Waals surface area contributed by atoms with Gasteiger partial charge in [0.05, 0.1) is 5.69 Å². The van der Waals surface area contributed by atoms with Crippen molar-refractivity contribution in [3.8, 4) is 11.3 Å². The van der Waals surface area contributed by atoms with Gasteiger partial charge in [0.25, 0.3) is 0 Å². The molecule has 0 saturated carbocycles. The molecule has 0 atom stereocenters. The summed E-state index contributed by atoms with van der Waals surface area (Å²) in [6.07, 6.45) is 2.58. The van der Waals surface area contributed by atoms with Crippen molar-refractivity contribution in [1.82, 2.24) is 9.78 Å². The summed E-state index contributed by atoms with van der Waals surface area (Å²) < 4.78 is 1.72. The van der Waals surface area contributed by atoms with Crippen molar-refractivity contribution >= 4 is 17.6 Å². The Balaban J connectivity index is 1.90. The number of nitrogens with zero attached hydrogens (tertiary/aromatic N) is 2. The van der Waals surface area contributed by atoms with E-state index in [-0.39, 0.29) is 0 Å². The molecule has 2 N–H and O–H groups in total. The highest BCUT2D eigenvalue weighted by molar-refractivity contribution is 7.99. The van der Waals surface area contributed by atoms with Crippen molar-refractivity contribution in [2.75, 3.05) is 17.2 Å². The smallest absolute Gasteiger partial charge is 0.121 e. The van der Waals surface area contributed by atoms with E-state index in [1.165, 1.54) is 35.5 Å². The van der Waals surface area contributed by atoms with Gasteiger partial charge in [-0.3, -0.25) is 4.68 Å². The number of benzene rings is 1. The molecule has 1 aromatic heterocycles. The lowest BCUT2D eigenvalue weighted by Crippen LogP contribution is -2.07. The maximum atomic E-state index is 5.86. The van der Waals surface area contributed by atoms with E-state index in [0.717, 1.165) is 5.69 Å². The van der Waals surface area contributed by atoms with Crippen molar-refractivity contribution in [3.05, 3.63) is 35.9 Å². The fourth-order valence-corrected chi connectivity index (χ4v) is 3.71. The first kappa shape index (κ1) is 12.6. The van der Waals surface area contributed by atoms with Crippen LogP contribution in [0.1, 0.15) is 24.3 Å². The van der Waals surface area contributed by atoms with Crippen LogP contribution in [-0.2, 0) is 7.05 Å². The average molecular weight is 273 g/mol. The number of nitrogens with two attached hydrogens (primary N) is 1. The average Bonchev–Trinajstić information content (AvgIpc) is 2.80. The summed E-state index contributed by atoms with van der Waals surface area (Å²) in [6, 6.07) is 10.7. The van der Waals surface area contributed by atoms with E-state index in [1.807, 2.05) is 13.1 Å². The highest BCUT2D eigenvalue weighted by Gasteiger charge is 2.16. The summed E-state index contributed by atoms with van der Waals surface area (Å²) >= 11 is 2.07. The van der Waals surface area contributed by atoms with Crippen LogP contribution < -0.4 is 5.73 Å². The minimum atomic E-state index is 0.703. The second-order valence-corrected chi connectivity index (χ2v) is 6.31. The number of aryl methyl sites for hydroxylation is 1. The fourth-order valence-electron chi connectivity index (χ4n) is 2.61. The van der Waals surface area contributed by atoms with Crippen LogP contribution in [-0.4, -0.2) is 21.3 Å². The second kappa shape index (κ2) is 5.29. The van der Waals surface area contributed by atoms with Gasteiger partial charge in [0.2, 0.25) is 0 Å². The van der Waals surface area contributed by atoms with Crippen LogP contribution in [0, 0.1) is 0 Å². The number of hydrogen-bond donors (Lipinski definition) is 1. The van der Waals surface area contributed by atoms with Gasteiger partial charge in [0, 0.05) is 18.7 Å². The SMILES string of the molecule is Cn1nc(-c2cccc(C3CCSCC3)c2)cc1N. The van der Waals surface area contributed by atoms with Crippen LogP contribution in [0.25, 0.3) is 11.3 Å². The van der Waals surface area contributed by atoms with Gasteiger partial charge in [0.1, 0.15) is 5.82 Å². The van der Waals surface area contributed by atoms with E-state index in [0.29, 0.717) is 11.7 Å². The molecule has 3 nitrogen and oxygen atoms in total. The van der Waals surface area contributed by atoms with Crippen molar-refractivity contribution in [1.29, 1.82) is 0 Å². The highest BCUT2D eigenvalue weighted by Crippen LogP contribution is 2.33. The zero-order valence-corrected chi connectivity index (χ0v) is 12.0. The molecule has 4 heteroatoms. The summed E-state index contributed by atoms with van der Waals surface area (Å²) in [4.78, 5) is 0. The van der Waals surface area contributed by atoms with Crippen molar-refractivity contribution in [2.24, 2.45) is 7.05 Å². The third kappa shape index (κ3) is 2.63. The molecule has 19 heavy (non-hydrogen) atoms. The Morgan fingerprint density at radius 2 is 2.05 bits per heavy atom. The second-order valence-electron chi connectivity index (χ2n) is 5.09. The zero-order valence-electron chi connectivity index (χ0n) is 11.2. The quantitative estimate of drug-likeness (QED) is 0.913. The predicted molar refractivity (Wildman–Crippen MR) is 82.4 cm³/mol. The molecule has 0 aliphatic carbocycles. The lowest BCUT2D eigenvalue weighted by atomic mass is 9.92. The van der Waals surface area contributed by atoms with Gasteiger partial charge in [-0.05, 0) is 41.9 Å². The number of hydrogen-bond acceptors (Lipinski definition) is 3. The molecule has 1 saturated heterocycles. The molecule has 2 heterocycles. The van der Waals surface area contributed by atoms with Gasteiger partial charge in [-0.15, -0.1) is 0 Å². The molecule has 0 radical (unpaired) electrons. The number of aromatic nitrogens is 2. The summed E-state index contributed by atoms with van der Waals surface area (Å²) in [5, 5.41) is 4.45. The molecule has 1 aliphatic heterocycles. The van der Waals surface area contributed by atoms with Crippen LogP contribution in [0.15, 0.2) is 30.3 Å². The predicted octanol–water partition coefficient (Wildman–Crippen LogP) is 3.28. The van der Waals surface area contributed by atoms with Crippen LogP contribution in [0.3, 0.4) is 0 Å². The Kier molecular flexibility index (Phi) is 3.51. The van der Waals surface area contributed by atoms with Crippen LogP contribution >= 0.6 is 11.8 Å². The first-order valence-electron chi connectivity index (χ1n) is 6.71. The first-order chi connectivity index (χ1) is 9.24. The largest absolute Gasteiger partial charge is 0.384 e. The van der Waals surface area contributed by atoms with Gasteiger partial charge in [0.15, 0.2) is 0 Å².